The van der Waals surface area contributed by atoms with Crippen molar-refractivity contribution in [2.24, 2.45) is 5.84 Å². The first-order chi connectivity index (χ1) is 7.86. The van der Waals surface area contributed by atoms with Crippen LogP contribution < -0.4 is 16.2 Å². The monoisotopic (exact) mass is 221 g/mol. The van der Waals surface area contributed by atoms with Crippen LogP contribution in [0.4, 0.5) is 11.6 Å². The first-order valence-corrected chi connectivity index (χ1v) is 5.92. The van der Waals surface area contributed by atoms with Gasteiger partial charge in [0.2, 0.25) is 0 Å². The Hall–Kier alpha value is -1.36. The molecule has 0 aliphatic carbocycles. The Morgan fingerprint density at radius 3 is 2.69 bits per heavy atom. The van der Waals surface area contributed by atoms with Crippen molar-refractivity contribution in [3.8, 4) is 0 Å². The van der Waals surface area contributed by atoms with Gasteiger partial charge in [0.15, 0.2) is 0 Å². The van der Waals surface area contributed by atoms with Crippen LogP contribution in [0, 0.1) is 0 Å². The second-order valence-electron chi connectivity index (χ2n) is 4.07. The average Bonchev–Trinajstić information content (AvgIpc) is 2.38. The summed E-state index contributed by atoms with van der Waals surface area (Å²) in [6, 6.07) is 0. The first-order valence-electron chi connectivity index (χ1n) is 5.92. The summed E-state index contributed by atoms with van der Waals surface area (Å²) in [5.41, 5.74) is 3.77. The number of rotatable bonds is 3. The maximum Gasteiger partial charge on any atom is 0.148 e. The molecule has 0 bridgehead atoms. The maximum absolute atomic E-state index is 5.47. The molecule has 0 atom stereocenters. The van der Waals surface area contributed by atoms with Crippen molar-refractivity contribution in [1.82, 2.24) is 9.97 Å². The number of nitrogens with one attached hydrogen (secondary N) is 1. The molecule has 2 rings (SSSR count). The van der Waals surface area contributed by atoms with Gasteiger partial charge >= 0.3 is 0 Å². The lowest BCUT2D eigenvalue weighted by Crippen LogP contribution is -2.31. The van der Waals surface area contributed by atoms with Crippen LogP contribution in [0.2, 0.25) is 0 Å². The van der Waals surface area contributed by atoms with Gasteiger partial charge in [0.05, 0.1) is 0 Å². The molecule has 1 saturated heterocycles. The van der Waals surface area contributed by atoms with Crippen molar-refractivity contribution < 1.29 is 0 Å². The fourth-order valence-corrected chi connectivity index (χ4v) is 2.23. The van der Waals surface area contributed by atoms with Gasteiger partial charge in [0, 0.05) is 18.7 Å². The van der Waals surface area contributed by atoms with Gasteiger partial charge in [-0.1, -0.05) is 6.92 Å². The zero-order valence-electron chi connectivity index (χ0n) is 9.74. The van der Waals surface area contributed by atoms with E-state index in [1.807, 2.05) is 0 Å². The number of piperidine rings is 1. The van der Waals surface area contributed by atoms with E-state index in [4.69, 9.17) is 5.84 Å². The number of nitrogens with zero attached hydrogens (tertiary/aromatic N) is 3. The predicted molar refractivity (Wildman–Crippen MR) is 65.3 cm³/mol. The van der Waals surface area contributed by atoms with Crippen molar-refractivity contribution >= 4 is 11.6 Å². The molecule has 0 aromatic carbocycles. The summed E-state index contributed by atoms with van der Waals surface area (Å²) < 4.78 is 0. The highest BCUT2D eigenvalue weighted by atomic mass is 15.3. The second kappa shape index (κ2) is 5.12. The SMILES string of the molecule is CCc1c(NN)ncnc1N1CCCCC1. The molecule has 1 aliphatic rings. The quantitative estimate of drug-likeness (QED) is 0.595. The molecule has 3 N–H and O–H groups in total. The Morgan fingerprint density at radius 2 is 2.06 bits per heavy atom. The van der Waals surface area contributed by atoms with Crippen molar-refractivity contribution in [2.45, 2.75) is 32.6 Å². The largest absolute Gasteiger partial charge is 0.356 e. The minimum absolute atomic E-state index is 0.748. The van der Waals surface area contributed by atoms with E-state index in [0.717, 1.165) is 36.7 Å². The van der Waals surface area contributed by atoms with Crippen molar-refractivity contribution in [3.63, 3.8) is 0 Å². The van der Waals surface area contributed by atoms with E-state index in [0.29, 0.717) is 0 Å². The van der Waals surface area contributed by atoms with E-state index in [1.54, 1.807) is 6.33 Å². The molecule has 0 saturated carbocycles. The molecule has 16 heavy (non-hydrogen) atoms. The molecule has 0 amide bonds. The summed E-state index contributed by atoms with van der Waals surface area (Å²) in [6.07, 6.45) is 6.30. The van der Waals surface area contributed by atoms with Gasteiger partial charge < -0.3 is 10.3 Å². The number of aromatic nitrogens is 2. The number of nitrogens with two attached hydrogens (primary N) is 1. The Labute approximate surface area is 96.0 Å². The third-order valence-corrected chi connectivity index (χ3v) is 3.07. The summed E-state index contributed by atoms with van der Waals surface area (Å²) in [6.45, 7) is 4.29. The summed E-state index contributed by atoms with van der Waals surface area (Å²) in [5, 5.41) is 0. The van der Waals surface area contributed by atoms with Crippen molar-refractivity contribution in [2.75, 3.05) is 23.4 Å². The van der Waals surface area contributed by atoms with Crippen molar-refractivity contribution in [3.05, 3.63) is 11.9 Å². The summed E-state index contributed by atoms with van der Waals surface area (Å²) in [5.74, 6) is 7.26. The lowest BCUT2D eigenvalue weighted by atomic mass is 10.1. The smallest absolute Gasteiger partial charge is 0.148 e. The molecule has 1 aliphatic heterocycles. The van der Waals surface area contributed by atoms with E-state index in [9.17, 15) is 0 Å². The van der Waals surface area contributed by atoms with Crippen LogP contribution >= 0.6 is 0 Å². The van der Waals surface area contributed by atoms with Crippen LogP contribution in [-0.4, -0.2) is 23.1 Å². The van der Waals surface area contributed by atoms with Gasteiger partial charge in [0.25, 0.3) is 0 Å². The molecule has 0 spiro atoms. The van der Waals surface area contributed by atoms with Gasteiger partial charge in [-0.3, -0.25) is 0 Å². The fourth-order valence-electron chi connectivity index (χ4n) is 2.23. The standard InChI is InChI=1S/C11H19N5/c1-2-9-10(15-12)13-8-14-11(9)16-6-4-3-5-7-16/h8H,2-7,12H2,1H3,(H,13,14,15). The van der Waals surface area contributed by atoms with Gasteiger partial charge in [0.1, 0.15) is 18.0 Å². The van der Waals surface area contributed by atoms with Crippen LogP contribution in [0.15, 0.2) is 6.33 Å². The number of hydrogen-bond donors (Lipinski definition) is 2. The van der Waals surface area contributed by atoms with Gasteiger partial charge in [-0.25, -0.2) is 15.8 Å². The first kappa shape index (κ1) is 11.1. The van der Waals surface area contributed by atoms with Crippen LogP contribution in [-0.2, 0) is 6.42 Å². The molecule has 5 heteroatoms. The van der Waals surface area contributed by atoms with Gasteiger partial charge in [-0.05, 0) is 25.7 Å². The fraction of sp³-hybridized carbons (Fsp3) is 0.636. The Bertz CT molecular complexity index is 346. The Morgan fingerprint density at radius 1 is 1.31 bits per heavy atom. The number of hydrogen-bond acceptors (Lipinski definition) is 5. The van der Waals surface area contributed by atoms with Crippen LogP contribution in [0.25, 0.3) is 0 Å². The average molecular weight is 221 g/mol. The number of anilines is 2. The minimum Gasteiger partial charge on any atom is -0.356 e. The number of hydrazine groups is 1. The van der Waals surface area contributed by atoms with Crippen LogP contribution in [0.5, 0.6) is 0 Å². The Kier molecular flexibility index (Phi) is 3.56. The normalized spacial score (nSPS) is 16.2. The lowest BCUT2D eigenvalue weighted by molar-refractivity contribution is 0.571. The maximum atomic E-state index is 5.47. The summed E-state index contributed by atoms with van der Waals surface area (Å²) >= 11 is 0. The number of nitrogen functional groups attached to an aromatic ring is 1. The van der Waals surface area contributed by atoms with Crippen molar-refractivity contribution in [1.29, 1.82) is 0 Å². The summed E-state index contributed by atoms with van der Waals surface area (Å²) in [4.78, 5) is 10.9. The van der Waals surface area contributed by atoms with E-state index in [2.05, 4.69) is 27.2 Å². The predicted octanol–water partition coefficient (Wildman–Crippen LogP) is 1.31. The molecule has 1 aromatic rings. The third kappa shape index (κ3) is 2.09. The molecular weight excluding hydrogens is 202 g/mol. The zero-order valence-corrected chi connectivity index (χ0v) is 9.74. The van der Waals surface area contributed by atoms with Crippen LogP contribution in [0.3, 0.4) is 0 Å². The highest BCUT2D eigenvalue weighted by Gasteiger charge is 2.17. The van der Waals surface area contributed by atoms with E-state index in [1.165, 1.54) is 19.3 Å². The molecule has 0 unspecified atom stereocenters. The van der Waals surface area contributed by atoms with E-state index in [-0.39, 0.29) is 0 Å². The third-order valence-electron chi connectivity index (χ3n) is 3.07. The zero-order chi connectivity index (χ0) is 11.4. The van der Waals surface area contributed by atoms with E-state index < -0.39 is 0 Å². The van der Waals surface area contributed by atoms with E-state index >= 15 is 0 Å². The highest BCUT2D eigenvalue weighted by molar-refractivity contribution is 5.58. The minimum atomic E-state index is 0.748. The van der Waals surface area contributed by atoms with Gasteiger partial charge in [-0.15, -0.1) is 0 Å². The summed E-state index contributed by atoms with van der Waals surface area (Å²) in [7, 11) is 0. The second-order valence-corrected chi connectivity index (χ2v) is 4.07. The molecule has 5 nitrogen and oxygen atoms in total. The lowest BCUT2D eigenvalue weighted by Gasteiger charge is -2.29. The molecular formula is C11H19N5. The van der Waals surface area contributed by atoms with Crippen LogP contribution in [0.1, 0.15) is 31.7 Å². The molecule has 1 aromatic heterocycles. The molecule has 2 heterocycles. The van der Waals surface area contributed by atoms with Gasteiger partial charge in [-0.2, -0.15) is 0 Å². The molecule has 0 radical (unpaired) electrons. The molecule has 88 valence electrons. The highest BCUT2D eigenvalue weighted by Crippen LogP contribution is 2.25. The molecule has 1 fully saturated rings. The Balaban J connectivity index is 2.30. The topological polar surface area (TPSA) is 67.1 Å².